The first kappa shape index (κ1) is 20.5. The van der Waals surface area contributed by atoms with Gasteiger partial charge in [0.25, 0.3) is 0 Å². The van der Waals surface area contributed by atoms with E-state index in [9.17, 15) is 0 Å². The van der Waals surface area contributed by atoms with Crippen molar-refractivity contribution in [3.63, 3.8) is 0 Å². The Kier molecular flexibility index (Phi) is 6.93. The molecule has 0 amide bonds. The predicted molar refractivity (Wildman–Crippen MR) is 120 cm³/mol. The normalized spacial score (nSPS) is 25.8. The van der Waals surface area contributed by atoms with Crippen molar-refractivity contribution in [2.24, 2.45) is 4.99 Å². The summed E-state index contributed by atoms with van der Waals surface area (Å²) in [6.07, 6.45) is 7.74. The average molecular weight is 400 g/mol. The average Bonchev–Trinajstić information content (AvgIpc) is 3.27. The molecule has 1 unspecified atom stereocenters. The summed E-state index contributed by atoms with van der Waals surface area (Å²) in [7, 11) is 1.89. The van der Waals surface area contributed by atoms with Crippen molar-refractivity contribution >= 4 is 11.6 Å². The van der Waals surface area contributed by atoms with E-state index < -0.39 is 0 Å². The van der Waals surface area contributed by atoms with Gasteiger partial charge in [-0.2, -0.15) is 0 Å². The Labute approximate surface area is 175 Å². The van der Waals surface area contributed by atoms with E-state index in [0.29, 0.717) is 6.04 Å². The monoisotopic (exact) mass is 399 g/mol. The van der Waals surface area contributed by atoms with Crippen molar-refractivity contribution in [1.82, 2.24) is 15.5 Å². The second-order valence-electron chi connectivity index (χ2n) is 8.72. The van der Waals surface area contributed by atoms with Crippen LogP contribution in [0.4, 0.5) is 5.69 Å². The quantitative estimate of drug-likeness (QED) is 0.588. The maximum atomic E-state index is 5.61. The Bertz CT molecular complexity index is 652. The van der Waals surface area contributed by atoms with E-state index in [1.165, 1.54) is 37.8 Å². The van der Waals surface area contributed by atoms with Gasteiger partial charge in [0.05, 0.1) is 13.2 Å². The topological polar surface area (TPSA) is 52.1 Å². The Morgan fingerprint density at radius 1 is 1.10 bits per heavy atom. The highest BCUT2D eigenvalue weighted by Crippen LogP contribution is 2.33. The van der Waals surface area contributed by atoms with E-state index in [1.807, 2.05) is 7.05 Å². The molecule has 6 nitrogen and oxygen atoms in total. The maximum absolute atomic E-state index is 5.61. The minimum atomic E-state index is 0.255. The molecule has 0 aromatic heterocycles. The molecule has 4 rings (SSSR count). The first-order valence-electron chi connectivity index (χ1n) is 11.4. The zero-order valence-corrected chi connectivity index (χ0v) is 17.9. The van der Waals surface area contributed by atoms with Crippen molar-refractivity contribution in [3.05, 3.63) is 30.3 Å². The smallest absolute Gasteiger partial charge is 0.191 e. The number of benzene rings is 1. The highest BCUT2D eigenvalue weighted by atomic mass is 16.5. The largest absolute Gasteiger partial charge is 0.379 e. The molecule has 2 saturated heterocycles. The molecule has 1 atom stereocenters. The zero-order valence-electron chi connectivity index (χ0n) is 17.9. The Hall–Kier alpha value is -1.79. The van der Waals surface area contributed by atoms with E-state index in [0.717, 1.165) is 58.3 Å². The summed E-state index contributed by atoms with van der Waals surface area (Å²) < 4.78 is 5.61. The molecule has 1 aromatic rings. The molecule has 1 aromatic carbocycles. The van der Waals surface area contributed by atoms with Gasteiger partial charge in [0.2, 0.25) is 0 Å². The van der Waals surface area contributed by atoms with Gasteiger partial charge >= 0.3 is 0 Å². The molecule has 0 spiro atoms. The number of ether oxygens (including phenoxy) is 1. The molecule has 1 aliphatic carbocycles. The number of nitrogens with one attached hydrogen (secondary N) is 2. The minimum absolute atomic E-state index is 0.255. The lowest BCUT2D eigenvalue weighted by Gasteiger charge is -2.48. The summed E-state index contributed by atoms with van der Waals surface area (Å²) in [5.41, 5.74) is 1.57. The fourth-order valence-electron chi connectivity index (χ4n) is 5.24. The fourth-order valence-corrected chi connectivity index (χ4v) is 5.24. The van der Waals surface area contributed by atoms with Gasteiger partial charge < -0.3 is 20.3 Å². The van der Waals surface area contributed by atoms with Gasteiger partial charge in [-0.25, -0.2) is 0 Å². The van der Waals surface area contributed by atoms with Crippen molar-refractivity contribution in [1.29, 1.82) is 0 Å². The predicted octanol–water partition coefficient (Wildman–Crippen LogP) is 2.47. The number of rotatable bonds is 5. The summed E-state index contributed by atoms with van der Waals surface area (Å²) in [5, 5.41) is 7.38. The third kappa shape index (κ3) is 5.04. The molecule has 0 bridgehead atoms. The molecular formula is C23H37N5O. The lowest BCUT2D eigenvalue weighted by molar-refractivity contribution is -0.0352. The SMILES string of the molecule is CN=C(NCC1(N2CCOCC2)CCCCC1)NC1CCN(c2ccccc2)C1. The van der Waals surface area contributed by atoms with Crippen molar-refractivity contribution in [2.45, 2.75) is 50.1 Å². The first-order valence-corrected chi connectivity index (χ1v) is 11.4. The van der Waals surface area contributed by atoms with Crippen molar-refractivity contribution < 1.29 is 4.74 Å². The molecule has 1 saturated carbocycles. The molecule has 2 N–H and O–H groups in total. The molecule has 6 heteroatoms. The van der Waals surface area contributed by atoms with Crippen LogP contribution in [0, 0.1) is 0 Å². The van der Waals surface area contributed by atoms with E-state index >= 15 is 0 Å². The van der Waals surface area contributed by atoms with Crippen molar-refractivity contribution in [2.75, 3.05) is 57.9 Å². The maximum Gasteiger partial charge on any atom is 0.191 e. The van der Waals surface area contributed by atoms with Crippen LogP contribution in [0.3, 0.4) is 0 Å². The summed E-state index contributed by atoms with van der Waals surface area (Å²) in [6.45, 7) is 6.94. The second-order valence-corrected chi connectivity index (χ2v) is 8.72. The van der Waals surface area contributed by atoms with Crippen LogP contribution in [-0.4, -0.2) is 75.4 Å². The standard InChI is InChI=1S/C23H37N5O/c1-24-22(26-20-10-13-27(18-20)21-8-4-2-5-9-21)25-19-23(11-6-3-7-12-23)28-14-16-29-17-15-28/h2,4-5,8-9,20H,3,6-7,10-19H2,1H3,(H2,24,25,26). The van der Waals surface area contributed by atoms with Gasteiger partial charge in [-0.1, -0.05) is 37.5 Å². The van der Waals surface area contributed by atoms with Gasteiger partial charge in [0, 0.05) is 57.0 Å². The van der Waals surface area contributed by atoms with Crippen molar-refractivity contribution in [3.8, 4) is 0 Å². The van der Waals surface area contributed by atoms with Crippen LogP contribution in [0.1, 0.15) is 38.5 Å². The molecular weight excluding hydrogens is 362 g/mol. The zero-order chi connectivity index (χ0) is 19.9. The molecule has 0 radical (unpaired) electrons. The highest BCUT2D eigenvalue weighted by Gasteiger charge is 2.38. The summed E-state index contributed by atoms with van der Waals surface area (Å²) in [5.74, 6) is 0.947. The molecule has 3 aliphatic rings. The van der Waals surface area contributed by atoms with Crippen LogP contribution in [0.15, 0.2) is 35.3 Å². The lowest BCUT2D eigenvalue weighted by atomic mass is 9.80. The number of para-hydroxylation sites is 1. The van der Waals surface area contributed by atoms with E-state index in [1.54, 1.807) is 0 Å². The first-order chi connectivity index (χ1) is 14.3. The minimum Gasteiger partial charge on any atom is -0.379 e. The molecule has 29 heavy (non-hydrogen) atoms. The van der Waals surface area contributed by atoms with E-state index in [4.69, 9.17) is 4.74 Å². The second kappa shape index (κ2) is 9.81. The Balaban J connectivity index is 1.32. The van der Waals surface area contributed by atoms with Crippen LogP contribution < -0.4 is 15.5 Å². The van der Waals surface area contributed by atoms with Crippen LogP contribution in [0.25, 0.3) is 0 Å². The Morgan fingerprint density at radius 3 is 2.59 bits per heavy atom. The number of nitrogens with zero attached hydrogens (tertiary/aromatic N) is 3. The van der Waals surface area contributed by atoms with E-state index in [-0.39, 0.29) is 5.54 Å². The van der Waals surface area contributed by atoms with Crippen LogP contribution in [0.2, 0.25) is 0 Å². The van der Waals surface area contributed by atoms with Crippen LogP contribution >= 0.6 is 0 Å². The molecule has 3 fully saturated rings. The summed E-state index contributed by atoms with van der Waals surface area (Å²) in [6, 6.07) is 11.1. The van der Waals surface area contributed by atoms with Gasteiger partial charge in [-0.3, -0.25) is 9.89 Å². The molecule has 2 heterocycles. The van der Waals surface area contributed by atoms with E-state index in [2.05, 4.69) is 55.8 Å². The number of anilines is 1. The molecule has 2 aliphatic heterocycles. The van der Waals surface area contributed by atoms with Gasteiger partial charge in [0.15, 0.2) is 5.96 Å². The molecule has 160 valence electrons. The Morgan fingerprint density at radius 2 is 1.86 bits per heavy atom. The fraction of sp³-hybridized carbons (Fsp3) is 0.696. The van der Waals surface area contributed by atoms with Crippen LogP contribution in [-0.2, 0) is 4.74 Å². The lowest BCUT2D eigenvalue weighted by Crippen LogP contribution is -2.61. The number of morpholine rings is 1. The van der Waals surface area contributed by atoms with Crippen LogP contribution in [0.5, 0.6) is 0 Å². The van der Waals surface area contributed by atoms with Gasteiger partial charge in [-0.05, 0) is 31.4 Å². The van der Waals surface area contributed by atoms with Gasteiger partial charge in [-0.15, -0.1) is 0 Å². The number of hydrogen-bond acceptors (Lipinski definition) is 4. The third-order valence-corrected chi connectivity index (χ3v) is 6.93. The van der Waals surface area contributed by atoms with Gasteiger partial charge in [0.1, 0.15) is 0 Å². The highest BCUT2D eigenvalue weighted by molar-refractivity contribution is 5.80. The number of guanidine groups is 1. The summed E-state index contributed by atoms with van der Waals surface area (Å²) in [4.78, 5) is 9.69. The number of hydrogen-bond donors (Lipinski definition) is 2. The summed E-state index contributed by atoms with van der Waals surface area (Å²) >= 11 is 0. The third-order valence-electron chi connectivity index (χ3n) is 6.93. The number of aliphatic imine (C=N–C) groups is 1.